The summed E-state index contributed by atoms with van der Waals surface area (Å²) in [4.78, 5) is 30.2. The highest BCUT2D eigenvalue weighted by Gasteiger charge is 2.30. The van der Waals surface area contributed by atoms with Crippen LogP contribution in [0.3, 0.4) is 0 Å². The van der Waals surface area contributed by atoms with Gasteiger partial charge in [0.05, 0.1) is 28.7 Å². The fourth-order valence-electron chi connectivity index (χ4n) is 3.39. The van der Waals surface area contributed by atoms with Gasteiger partial charge in [-0.15, -0.1) is 0 Å². The number of nitrogens with zero attached hydrogens (tertiary/aromatic N) is 3. The van der Waals surface area contributed by atoms with Crippen molar-refractivity contribution in [3.05, 3.63) is 121 Å². The first-order chi connectivity index (χ1) is 16.6. The molecule has 11 heteroatoms. The Morgan fingerprint density at radius 1 is 0.800 bits per heavy atom. The summed E-state index contributed by atoms with van der Waals surface area (Å²) in [6.07, 6.45) is -4.56. The second-order valence-corrected chi connectivity index (χ2v) is 8.42. The van der Waals surface area contributed by atoms with Crippen molar-refractivity contribution in [2.45, 2.75) is 19.3 Å². The lowest BCUT2D eigenvalue weighted by Crippen LogP contribution is -2.43. The smallest absolute Gasteiger partial charge is 0.325 e. The highest BCUT2D eigenvalue weighted by atomic mass is 35.5. The van der Waals surface area contributed by atoms with Crippen LogP contribution in [0.5, 0.6) is 0 Å². The van der Waals surface area contributed by atoms with E-state index in [0.29, 0.717) is 10.6 Å². The molecule has 0 spiro atoms. The maximum absolute atomic E-state index is 13.4. The van der Waals surface area contributed by atoms with E-state index in [-0.39, 0.29) is 29.7 Å². The monoisotopic (exact) mass is 520 g/mol. The minimum Gasteiger partial charge on any atom is -0.325 e. The Labute approximate surface area is 207 Å². The summed E-state index contributed by atoms with van der Waals surface area (Å²) in [6.45, 7) is -0.101. The van der Waals surface area contributed by atoms with E-state index in [1.807, 2.05) is 0 Å². The molecule has 0 radical (unpaired) electrons. The van der Waals surface area contributed by atoms with Crippen LogP contribution in [0.1, 0.15) is 16.7 Å². The van der Waals surface area contributed by atoms with Crippen LogP contribution in [0.2, 0.25) is 10.0 Å². The first-order valence-electron chi connectivity index (χ1n) is 10.3. The fourth-order valence-corrected chi connectivity index (χ4v) is 3.71. The van der Waals surface area contributed by atoms with Gasteiger partial charge in [0, 0.05) is 5.69 Å². The Morgan fingerprint density at radius 3 is 2.20 bits per heavy atom. The summed E-state index contributed by atoms with van der Waals surface area (Å²) < 4.78 is 41.5. The second kappa shape index (κ2) is 9.97. The summed E-state index contributed by atoms with van der Waals surface area (Å²) >= 11 is 12.0. The van der Waals surface area contributed by atoms with E-state index in [9.17, 15) is 22.8 Å². The molecule has 0 aliphatic rings. The minimum absolute atomic E-state index is 0.0233. The predicted octanol–water partition coefficient (Wildman–Crippen LogP) is 5.57. The van der Waals surface area contributed by atoms with Crippen molar-refractivity contribution >= 4 is 34.8 Å². The average Bonchev–Trinajstić information content (AvgIpc) is 2.82. The van der Waals surface area contributed by atoms with E-state index in [2.05, 4.69) is 10.3 Å². The summed E-state index contributed by atoms with van der Waals surface area (Å²) in [5.41, 5.74) is -1.16. The molecule has 0 saturated heterocycles. The van der Waals surface area contributed by atoms with Crippen LogP contribution in [0.25, 0.3) is 0 Å². The quantitative estimate of drug-likeness (QED) is 0.360. The van der Waals surface area contributed by atoms with Crippen molar-refractivity contribution in [2.75, 3.05) is 5.32 Å². The van der Waals surface area contributed by atoms with Gasteiger partial charge in [0.2, 0.25) is 5.95 Å². The van der Waals surface area contributed by atoms with Crippen molar-refractivity contribution in [1.29, 1.82) is 0 Å². The van der Waals surface area contributed by atoms with Gasteiger partial charge in [0.1, 0.15) is 0 Å². The molecule has 1 aromatic heterocycles. The lowest BCUT2D eigenvalue weighted by atomic mass is 10.2. The topological polar surface area (TPSA) is 68.9 Å². The van der Waals surface area contributed by atoms with Crippen molar-refractivity contribution in [2.24, 2.45) is 0 Å². The van der Waals surface area contributed by atoms with Crippen LogP contribution in [-0.2, 0) is 19.3 Å². The molecule has 0 unspecified atom stereocenters. The van der Waals surface area contributed by atoms with Gasteiger partial charge < -0.3 is 5.32 Å². The van der Waals surface area contributed by atoms with Gasteiger partial charge in [-0.05, 0) is 41.5 Å². The first kappa shape index (κ1) is 24.6. The average molecular weight is 521 g/mol. The zero-order valence-corrected chi connectivity index (χ0v) is 19.4. The molecule has 0 amide bonds. The molecule has 0 saturated carbocycles. The molecule has 1 N–H and O–H groups in total. The van der Waals surface area contributed by atoms with Gasteiger partial charge in [-0.25, -0.2) is 14.2 Å². The maximum atomic E-state index is 13.4. The fraction of sp³-hybridized carbons (Fsp3) is 0.125. The zero-order valence-electron chi connectivity index (χ0n) is 17.9. The number of benzene rings is 3. The van der Waals surface area contributed by atoms with Gasteiger partial charge in [0.15, 0.2) is 0 Å². The molecule has 4 aromatic rings. The molecule has 0 fully saturated rings. The molecule has 4 rings (SSSR count). The number of hydrogen-bond donors (Lipinski definition) is 1. The summed E-state index contributed by atoms with van der Waals surface area (Å²) in [7, 11) is 0. The normalized spacial score (nSPS) is 11.5. The zero-order chi connectivity index (χ0) is 25.2. The van der Waals surface area contributed by atoms with Crippen molar-refractivity contribution in [3.63, 3.8) is 0 Å². The molecular weight excluding hydrogens is 504 g/mol. The van der Waals surface area contributed by atoms with Gasteiger partial charge >= 0.3 is 17.6 Å². The molecule has 3 aromatic carbocycles. The minimum atomic E-state index is -4.56. The van der Waals surface area contributed by atoms with Crippen LogP contribution in [-0.4, -0.2) is 14.1 Å². The second-order valence-electron chi connectivity index (χ2n) is 7.61. The Morgan fingerprint density at radius 2 is 1.51 bits per heavy atom. The molecule has 0 bridgehead atoms. The van der Waals surface area contributed by atoms with E-state index in [0.717, 1.165) is 22.3 Å². The van der Waals surface area contributed by atoms with E-state index < -0.39 is 23.1 Å². The lowest BCUT2D eigenvalue weighted by molar-refractivity contribution is -0.137. The van der Waals surface area contributed by atoms with Crippen molar-refractivity contribution in [3.8, 4) is 0 Å². The van der Waals surface area contributed by atoms with E-state index in [1.54, 1.807) is 42.5 Å². The number of hydrogen-bond acceptors (Lipinski definition) is 4. The van der Waals surface area contributed by atoms with Crippen molar-refractivity contribution < 1.29 is 13.2 Å². The van der Waals surface area contributed by atoms with E-state index >= 15 is 0 Å². The van der Waals surface area contributed by atoms with Crippen LogP contribution < -0.4 is 16.7 Å². The largest absolute Gasteiger partial charge is 0.416 e. The number of halogens is 5. The summed E-state index contributed by atoms with van der Waals surface area (Å²) in [5, 5.41) is 3.28. The van der Waals surface area contributed by atoms with Crippen LogP contribution >= 0.6 is 23.2 Å². The highest BCUT2D eigenvalue weighted by Crippen LogP contribution is 2.31. The number of nitrogens with one attached hydrogen (secondary N) is 1. The standard InChI is InChI=1S/C24H17Cl2F3N4O2/c25-19-10-9-16(11-20(19)26)14-33-22(34)31-21(30-18-8-4-7-17(12-18)24(27,28)29)32(23(33)35)13-15-5-2-1-3-6-15/h1-12H,13-14H2,(H,30,31,34). The number of aromatic nitrogens is 3. The maximum Gasteiger partial charge on any atom is 0.416 e. The Hall–Kier alpha value is -3.56. The number of alkyl halides is 3. The highest BCUT2D eigenvalue weighted by molar-refractivity contribution is 6.42. The Bertz CT molecular complexity index is 1490. The SMILES string of the molecule is O=c1nc(Nc2cccc(C(F)(F)F)c2)n(Cc2ccccc2)c(=O)n1Cc1ccc(Cl)c(Cl)c1. The first-order valence-corrected chi connectivity index (χ1v) is 11.0. The third-order valence-corrected chi connectivity index (χ3v) is 5.84. The van der Waals surface area contributed by atoms with E-state index in [4.69, 9.17) is 23.2 Å². The van der Waals surface area contributed by atoms with Crippen LogP contribution in [0.15, 0.2) is 82.4 Å². The van der Waals surface area contributed by atoms with Gasteiger partial charge in [0.25, 0.3) is 0 Å². The molecule has 0 atom stereocenters. The van der Waals surface area contributed by atoms with Crippen LogP contribution in [0.4, 0.5) is 24.8 Å². The molecule has 180 valence electrons. The third kappa shape index (κ3) is 5.75. The number of anilines is 2. The molecule has 0 aliphatic carbocycles. The summed E-state index contributed by atoms with van der Waals surface area (Å²) in [6, 6.07) is 18.0. The molecule has 1 heterocycles. The summed E-state index contributed by atoms with van der Waals surface area (Å²) in [5.74, 6) is -0.187. The molecule has 6 nitrogen and oxygen atoms in total. The third-order valence-electron chi connectivity index (χ3n) is 5.10. The van der Waals surface area contributed by atoms with Crippen LogP contribution in [0, 0.1) is 0 Å². The number of rotatable bonds is 6. The van der Waals surface area contributed by atoms with E-state index in [1.165, 1.54) is 22.8 Å². The van der Waals surface area contributed by atoms with Gasteiger partial charge in [-0.2, -0.15) is 18.2 Å². The van der Waals surface area contributed by atoms with Gasteiger partial charge in [-0.3, -0.25) is 4.57 Å². The lowest BCUT2D eigenvalue weighted by Gasteiger charge is -2.16. The molecule has 0 aliphatic heterocycles. The molecule has 35 heavy (non-hydrogen) atoms. The Kier molecular flexibility index (Phi) is 7.00. The van der Waals surface area contributed by atoms with Gasteiger partial charge in [-0.1, -0.05) is 65.7 Å². The molecular formula is C24H17Cl2F3N4O2. The Balaban J connectivity index is 1.79. The predicted molar refractivity (Wildman–Crippen MR) is 129 cm³/mol. The van der Waals surface area contributed by atoms with Crippen molar-refractivity contribution in [1.82, 2.24) is 14.1 Å².